The quantitative estimate of drug-likeness (QED) is 0.796. The van der Waals surface area contributed by atoms with Crippen LogP contribution in [0.2, 0.25) is 0 Å². The van der Waals surface area contributed by atoms with Crippen LogP contribution in [-0.4, -0.2) is 26.5 Å². The Morgan fingerprint density at radius 1 is 1.28 bits per heavy atom. The first-order chi connectivity index (χ1) is 12.0. The number of benzene rings is 1. The Morgan fingerprint density at radius 2 is 2.00 bits per heavy atom. The number of nitrogens with zero attached hydrogens (tertiary/aromatic N) is 3. The van der Waals surface area contributed by atoms with Crippen LogP contribution in [0.15, 0.2) is 30.5 Å². The second-order valence-corrected chi connectivity index (χ2v) is 6.61. The molecule has 0 radical (unpaired) electrons. The van der Waals surface area contributed by atoms with Crippen molar-refractivity contribution in [2.75, 3.05) is 0 Å². The molecule has 1 saturated carbocycles. The number of fused-ring (bicyclic) bond motifs is 1. The minimum absolute atomic E-state index is 0.116. The molecular weight excluding hydrogens is 319 g/mol. The van der Waals surface area contributed by atoms with Gasteiger partial charge in [-0.25, -0.2) is 13.9 Å². The smallest absolute Gasteiger partial charge is 0.256 e. The Bertz CT molecular complexity index is 958. The predicted octanol–water partition coefficient (Wildman–Crippen LogP) is 2.97. The third-order valence-electron chi connectivity index (χ3n) is 4.66. The summed E-state index contributed by atoms with van der Waals surface area (Å²) in [4.78, 5) is 17.0. The molecular formula is C19H19FN4O. The Morgan fingerprint density at radius 3 is 2.68 bits per heavy atom. The molecule has 128 valence electrons. The van der Waals surface area contributed by atoms with Gasteiger partial charge in [0.1, 0.15) is 11.4 Å². The highest BCUT2D eigenvalue weighted by Gasteiger charge is 2.26. The van der Waals surface area contributed by atoms with Crippen LogP contribution in [0.25, 0.3) is 5.65 Å². The van der Waals surface area contributed by atoms with Crippen molar-refractivity contribution in [3.05, 3.63) is 64.4 Å². The van der Waals surface area contributed by atoms with Crippen LogP contribution in [0.3, 0.4) is 0 Å². The van der Waals surface area contributed by atoms with E-state index in [-0.39, 0.29) is 11.7 Å². The van der Waals surface area contributed by atoms with E-state index < -0.39 is 0 Å². The van der Waals surface area contributed by atoms with Crippen LogP contribution >= 0.6 is 0 Å². The summed E-state index contributed by atoms with van der Waals surface area (Å²) in [5.41, 5.74) is 4.93. The number of nitrogens with one attached hydrogen (secondary N) is 1. The highest BCUT2D eigenvalue weighted by Crippen LogP contribution is 2.22. The first-order valence-electron chi connectivity index (χ1n) is 8.42. The minimum Gasteiger partial charge on any atom is -0.349 e. The number of aryl methyl sites for hydroxylation is 2. The van der Waals surface area contributed by atoms with Crippen molar-refractivity contribution in [1.29, 1.82) is 0 Å². The summed E-state index contributed by atoms with van der Waals surface area (Å²) in [6.45, 7) is 3.90. The molecule has 1 fully saturated rings. The number of hydrogen-bond acceptors (Lipinski definition) is 3. The van der Waals surface area contributed by atoms with E-state index in [1.165, 1.54) is 12.1 Å². The molecule has 0 unspecified atom stereocenters. The van der Waals surface area contributed by atoms with Gasteiger partial charge in [0.25, 0.3) is 5.91 Å². The summed E-state index contributed by atoms with van der Waals surface area (Å²) in [5, 5.41) is 7.34. The molecule has 1 amide bonds. The summed E-state index contributed by atoms with van der Waals surface area (Å²) in [5.74, 6) is -0.362. The molecule has 2 heterocycles. The predicted molar refractivity (Wildman–Crippen MR) is 92.2 cm³/mol. The van der Waals surface area contributed by atoms with Gasteiger partial charge in [0, 0.05) is 23.9 Å². The SMILES string of the molecule is Cc1nc2c(C(=O)NC3CC3)cnn2c(C)c1Cc1ccc(F)cc1. The van der Waals surface area contributed by atoms with Crippen LogP contribution < -0.4 is 5.32 Å². The maximum Gasteiger partial charge on any atom is 0.256 e. The third-order valence-corrected chi connectivity index (χ3v) is 4.66. The number of hydrogen-bond donors (Lipinski definition) is 1. The molecule has 3 aromatic rings. The average Bonchev–Trinajstić information content (AvgIpc) is 3.29. The molecule has 5 nitrogen and oxygen atoms in total. The average molecular weight is 338 g/mol. The normalized spacial score (nSPS) is 14.0. The van der Waals surface area contributed by atoms with E-state index in [1.807, 2.05) is 13.8 Å². The third kappa shape index (κ3) is 2.99. The van der Waals surface area contributed by atoms with Crippen LogP contribution in [0.1, 0.15) is 45.7 Å². The summed E-state index contributed by atoms with van der Waals surface area (Å²) >= 11 is 0. The van der Waals surface area contributed by atoms with Gasteiger partial charge in [0.2, 0.25) is 0 Å². The topological polar surface area (TPSA) is 59.3 Å². The minimum atomic E-state index is -0.246. The van der Waals surface area contributed by atoms with Gasteiger partial charge in [-0.3, -0.25) is 4.79 Å². The van der Waals surface area contributed by atoms with Gasteiger partial charge in [-0.1, -0.05) is 12.1 Å². The van der Waals surface area contributed by atoms with Gasteiger partial charge in [-0.05, 0) is 49.9 Å². The summed E-state index contributed by atoms with van der Waals surface area (Å²) in [6, 6.07) is 6.76. The van der Waals surface area contributed by atoms with Gasteiger partial charge in [0.15, 0.2) is 5.65 Å². The molecule has 1 N–H and O–H groups in total. The molecule has 0 atom stereocenters. The molecule has 0 aliphatic heterocycles. The van der Waals surface area contributed by atoms with E-state index in [9.17, 15) is 9.18 Å². The van der Waals surface area contributed by atoms with Crippen molar-refractivity contribution in [3.8, 4) is 0 Å². The molecule has 4 rings (SSSR count). The lowest BCUT2D eigenvalue weighted by Gasteiger charge is -2.12. The van der Waals surface area contributed by atoms with E-state index in [0.29, 0.717) is 23.7 Å². The van der Waals surface area contributed by atoms with E-state index in [0.717, 1.165) is 35.4 Å². The second kappa shape index (κ2) is 5.95. The number of halogens is 1. The summed E-state index contributed by atoms with van der Waals surface area (Å²) < 4.78 is 14.8. The molecule has 0 bridgehead atoms. The van der Waals surface area contributed by atoms with Crippen molar-refractivity contribution in [2.24, 2.45) is 0 Å². The number of rotatable bonds is 4. The van der Waals surface area contributed by atoms with Crippen molar-refractivity contribution in [3.63, 3.8) is 0 Å². The van der Waals surface area contributed by atoms with Crippen LogP contribution in [0.4, 0.5) is 4.39 Å². The van der Waals surface area contributed by atoms with E-state index in [1.54, 1.807) is 22.8 Å². The van der Waals surface area contributed by atoms with E-state index in [2.05, 4.69) is 15.4 Å². The molecule has 2 aromatic heterocycles. The fraction of sp³-hybridized carbons (Fsp3) is 0.316. The Balaban J connectivity index is 1.71. The monoisotopic (exact) mass is 338 g/mol. The molecule has 25 heavy (non-hydrogen) atoms. The largest absolute Gasteiger partial charge is 0.349 e. The Kier molecular flexibility index (Phi) is 3.75. The Hall–Kier alpha value is -2.76. The highest BCUT2D eigenvalue weighted by atomic mass is 19.1. The maximum absolute atomic E-state index is 13.1. The Labute approximate surface area is 144 Å². The first-order valence-corrected chi connectivity index (χ1v) is 8.42. The molecule has 1 aliphatic carbocycles. The maximum atomic E-state index is 13.1. The summed E-state index contributed by atoms with van der Waals surface area (Å²) in [7, 11) is 0. The van der Waals surface area contributed by atoms with Gasteiger partial charge in [-0.2, -0.15) is 5.10 Å². The molecule has 1 aromatic carbocycles. The fourth-order valence-electron chi connectivity index (χ4n) is 3.02. The van der Waals surface area contributed by atoms with Gasteiger partial charge < -0.3 is 5.32 Å². The standard InChI is InChI=1S/C19H19FN4O/c1-11-16(9-13-3-5-14(20)6-4-13)12(2)24-18(22-11)17(10-21-24)19(25)23-15-7-8-15/h3-6,10,15H,7-9H2,1-2H3,(H,23,25). The number of amides is 1. The summed E-state index contributed by atoms with van der Waals surface area (Å²) in [6.07, 6.45) is 4.30. The molecule has 0 spiro atoms. The van der Waals surface area contributed by atoms with Crippen LogP contribution in [0, 0.1) is 19.7 Å². The van der Waals surface area contributed by atoms with Gasteiger partial charge in [0.05, 0.1) is 6.20 Å². The second-order valence-electron chi connectivity index (χ2n) is 6.61. The molecule has 0 saturated heterocycles. The van der Waals surface area contributed by atoms with Crippen molar-refractivity contribution in [2.45, 2.75) is 39.2 Å². The number of carbonyl (C=O) groups excluding carboxylic acids is 1. The van der Waals surface area contributed by atoms with Crippen molar-refractivity contribution in [1.82, 2.24) is 19.9 Å². The highest BCUT2D eigenvalue weighted by molar-refractivity contribution is 6.00. The van der Waals surface area contributed by atoms with Gasteiger partial charge >= 0.3 is 0 Å². The number of aromatic nitrogens is 3. The lowest BCUT2D eigenvalue weighted by molar-refractivity contribution is 0.0952. The van der Waals surface area contributed by atoms with Crippen LogP contribution in [0.5, 0.6) is 0 Å². The van der Waals surface area contributed by atoms with Crippen LogP contribution in [-0.2, 0) is 6.42 Å². The van der Waals surface area contributed by atoms with E-state index >= 15 is 0 Å². The van der Waals surface area contributed by atoms with E-state index in [4.69, 9.17) is 0 Å². The fourth-order valence-corrected chi connectivity index (χ4v) is 3.02. The van der Waals surface area contributed by atoms with Crippen molar-refractivity contribution < 1.29 is 9.18 Å². The van der Waals surface area contributed by atoms with Gasteiger partial charge in [-0.15, -0.1) is 0 Å². The zero-order valence-corrected chi connectivity index (χ0v) is 14.2. The first kappa shape index (κ1) is 15.7. The zero-order chi connectivity index (χ0) is 17.6. The molecule has 1 aliphatic rings. The lowest BCUT2D eigenvalue weighted by Crippen LogP contribution is -2.25. The number of carbonyl (C=O) groups is 1. The van der Waals surface area contributed by atoms with Crippen molar-refractivity contribution >= 4 is 11.6 Å². The zero-order valence-electron chi connectivity index (χ0n) is 14.2. The lowest BCUT2D eigenvalue weighted by atomic mass is 10.0. The molecule has 6 heteroatoms.